The molecule has 3 atom stereocenters. The van der Waals surface area contributed by atoms with E-state index in [0.29, 0.717) is 19.6 Å². The molecule has 1 spiro atoms. The molecule has 0 aliphatic carbocycles. The van der Waals surface area contributed by atoms with Crippen molar-refractivity contribution in [3.63, 3.8) is 0 Å². The third kappa shape index (κ3) is 1.48. The van der Waals surface area contributed by atoms with Crippen LogP contribution in [0.3, 0.4) is 0 Å². The summed E-state index contributed by atoms with van der Waals surface area (Å²) in [4.78, 5) is 12.4. The molecule has 1 aromatic carbocycles. The zero-order chi connectivity index (χ0) is 14.4. The Labute approximate surface area is 119 Å². The third-order valence-corrected chi connectivity index (χ3v) is 4.47. The number of hydrogen-bond donors (Lipinski definition) is 0. The molecule has 2 aliphatic rings. The first kappa shape index (κ1) is 13.4. The van der Waals surface area contributed by atoms with Gasteiger partial charge in [0.1, 0.15) is 11.4 Å². The second-order valence-corrected chi connectivity index (χ2v) is 5.45. The second kappa shape index (κ2) is 4.48. The molecule has 108 valence electrons. The van der Waals surface area contributed by atoms with E-state index in [-0.39, 0.29) is 11.9 Å². The van der Waals surface area contributed by atoms with Crippen LogP contribution in [0.1, 0.15) is 32.8 Å². The number of hydrogen-bond acceptors (Lipinski definition) is 4. The molecule has 3 rings (SSSR count). The van der Waals surface area contributed by atoms with E-state index < -0.39 is 11.2 Å². The van der Waals surface area contributed by atoms with E-state index in [4.69, 9.17) is 14.2 Å². The predicted molar refractivity (Wildman–Crippen MR) is 73.5 cm³/mol. The van der Waals surface area contributed by atoms with Gasteiger partial charge in [-0.15, -0.1) is 0 Å². The highest BCUT2D eigenvalue weighted by atomic mass is 16.7. The molecule has 0 N–H and O–H groups in total. The minimum Gasteiger partial charge on any atom is -0.493 e. The summed E-state index contributed by atoms with van der Waals surface area (Å²) in [6, 6.07) is 7.80. The van der Waals surface area contributed by atoms with E-state index in [2.05, 4.69) is 6.92 Å². The van der Waals surface area contributed by atoms with Crippen LogP contribution in [-0.2, 0) is 19.9 Å². The number of rotatable bonds is 3. The van der Waals surface area contributed by atoms with Gasteiger partial charge in [0.2, 0.25) is 0 Å². The van der Waals surface area contributed by atoms with Crippen molar-refractivity contribution in [3.05, 3.63) is 29.8 Å². The van der Waals surface area contributed by atoms with Gasteiger partial charge >= 0.3 is 5.97 Å². The van der Waals surface area contributed by atoms with E-state index >= 15 is 0 Å². The summed E-state index contributed by atoms with van der Waals surface area (Å²) < 4.78 is 17.1. The molecular formula is C16H20O4. The minimum atomic E-state index is -0.859. The van der Waals surface area contributed by atoms with E-state index in [9.17, 15) is 4.79 Å². The number of carbonyl (C=O) groups excluding carboxylic acids is 1. The lowest BCUT2D eigenvalue weighted by atomic mass is 9.75. The first-order valence-corrected chi connectivity index (χ1v) is 7.22. The fraction of sp³-hybridized carbons (Fsp3) is 0.562. The fourth-order valence-corrected chi connectivity index (χ4v) is 3.44. The van der Waals surface area contributed by atoms with Crippen LogP contribution >= 0.6 is 0 Å². The number of esters is 1. The Balaban J connectivity index is 2.07. The van der Waals surface area contributed by atoms with E-state index in [1.165, 1.54) is 0 Å². The second-order valence-electron chi connectivity index (χ2n) is 5.45. The van der Waals surface area contributed by atoms with Gasteiger partial charge in [-0.05, 0) is 19.4 Å². The summed E-state index contributed by atoms with van der Waals surface area (Å²) in [6.07, 6.45) is 0.602. The Morgan fingerprint density at radius 3 is 2.85 bits per heavy atom. The van der Waals surface area contributed by atoms with E-state index in [1.807, 2.05) is 38.1 Å². The highest BCUT2D eigenvalue weighted by molar-refractivity contribution is 5.86. The predicted octanol–water partition coefficient (Wildman–Crippen LogP) is 2.65. The lowest BCUT2D eigenvalue weighted by molar-refractivity contribution is -0.149. The van der Waals surface area contributed by atoms with Gasteiger partial charge in [-0.2, -0.15) is 0 Å². The SMILES string of the molecule is CCOC(=O)C1(CC)OC12c1ccccc1OCC2C. The van der Waals surface area contributed by atoms with Crippen LogP contribution < -0.4 is 4.74 Å². The van der Waals surface area contributed by atoms with Crippen LogP contribution in [0.25, 0.3) is 0 Å². The van der Waals surface area contributed by atoms with Gasteiger partial charge in [-0.25, -0.2) is 4.79 Å². The van der Waals surface area contributed by atoms with Crippen LogP contribution in [0.15, 0.2) is 24.3 Å². The summed E-state index contributed by atoms with van der Waals surface area (Å²) in [5.74, 6) is 0.665. The molecule has 1 saturated heterocycles. The standard InChI is InChI=1S/C16H20O4/c1-4-15(14(17)18-5-2)16(20-15)11(3)10-19-13-9-7-6-8-12(13)16/h6-9,11H,4-5,10H2,1-3H3. The van der Waals surface area contributed by atoms with Crippen molar-refractivity contribution in [2.45, 2.75) is 38.4 Å². The molecule has 0 aromatic heterocycles. The van der Waals surface area contributed by atoms with Crippen LogP contribution in [0, 0.1) is 5.92 Å². The van der Waals surface area contributed by atoms with Gasteiger partial charge in [-0.3, -0.25) is 0 Å². The van der Waals surface area contributed by atoms with Gasteiger partial charge in [0.15, 0.2) is 5.60 Å². The van der Waals surface area contributed by atoms with Gasteiger partial charge < -0.3 is 14.2 Å². The van der Waals surface area contributed by atoms with Crippen molar-refractivity contribution in [2.24, 2.45) is 5.92 Å². The van der Waals surface area contributed by atoms with Gasteiger partial charge in [-0.1, -0.05) is 32.0 Å². The number of ether oxygens (including phenoxy) is 3. The van der Waals surface area contributed by atoms with Gasteiger partial charge in [0.25, 0.3) is 0 Å². The number of fused-ring (bicyclic) bond motifs is 2. The molecule has 0 saturated carbocycles. The van der Waals surface area contributed by atoms with Crippen LogP contribution in [0.4, 0.5) is 0 Å². The average Bonchev–Trinajstić information content (AvgIpc) is 3.16. The maximum Gasteiger partial charge on any atom is 0.341 e. The Bertz CT molecular complexity index is 541. The molecule has 0 bridgehead atoms. The van der Waals surface area contributed by atoms with Crippen molar-refractivity contribution in [1.29, 1.82) is 0 Å². The molecule has 1 aromatic rings. The Kier molecular flexibility index (Phi) is 3.01. The quantitative estimate of drug-likeness (QED) is 0.629. The molecule has 4 nitrogen and oxygen atoms in total. The van der Waals surface area contributed by atoms with Crippen molar-refractivity contribution >= 4 is 5.97 Å². The van der Waals surface area contributed by atoms with Crippen LogP contribution in [-0.4, -0.2) is 24.8 Å². The molecule has 0 amide bonds. The zero-order valence-electron chi connectivity index (χ0n) is 12.1. The molecule has 0 radical (unpaired) electrons. The fourth-order valence-electron chi connectivity index (χ4n) is 3.44. The Morgan fingerprint density at radius 2 is 2.15 bits per heavy atom. The Hall–Kier alpha value is -1.55. The summed E-state index contributed by atoms with van der Waals surface area (Å²) in [6.45, 7) is 6.77. The first-order valence-electron chi connectivity index (χ1n) is 7.22. The molecular weight excluding hydrogens is 256 g/mol. The highest BCUT2D eigenvalue weighted by Gasteiger charge is 2.78. The monoisotopic (exact) mass is 276 g/mol. The van der Waals surface area contributed by atoms with E-state index in [0.717, 1.165) is 11.3 Å². The van der Waals surface area contributed by atoms with Gasteiger partial charge in [0.05, 0.1) is 13.2 Å². The molecule has 2 heterocycles. The molecule has 2 aliphatic heterocycles. The lowest BCUT2D eigenvalue weighted by Crippen LogP contribution is -2.41. The van der Waals surface area contributed by atoms with Crippen molar-refractivity contribution < 1.29 is 19.0 Å². The minimum absolute atomic E-state index is 0.113. The number of carbonyl (C=O) groups is 1. The van der Waals surface area contributed by atoms with Gasteiger partial charge in [0, 0.05) is 11.5 Å². The summed E-state index contributed by atoms with van der Waals surface area (Å²) in [5, 5.41) is 0. The molecule has 4 heteroatoms. The number of epoxide rings is 1. The summed E-state index contributed by atoms with van der Waals surface area (Å²) in [7, 11) is 0. The number of para-hydroxylation sites is 1. The largest absolute Gasteiger partial charge is 0.493 e. The van der Waals surface area contributed by atoms with Crippen molar-refractivity contribution in [2.75, 3.05) is 13.2 Å². The molecule has 20 heavy (non-hydrogen) atoms. The zero-order valence-corrected chi connectivity index (χ0v) is 12.1. The highest BCUT2D eigenvalue weighted by Crippen LogP contribution is 2.65. The summed E-state index contributed by atoms with van der Waals surface area (Å²) in [5.41, 5.74) is -0.487. The lowest BCUT2D eigenvalue weighted by Gasteiger charge is -2.31. The van der Waals surface area contributed by atoms with Crippen molar-refractivity contribution in [1.82, 2.24) is 0 Å². The van der Waals surface area contributed by atoms with E-state index in [1.54, 1.807) is 0 Å². The molecule has 1 fully saturated rings. The third-order valence-electron chi connectivity index (χ3n) is 4.47. The van der Waals surface area contributed by atoms with Crippen LogP contribution in [0.5, 0.6) is 5.75 Å². The summed E-state index contributed by atoms with van der Waals surface area (Å²) >= 11 is 0. The maximum absolute atomic E-state index is 12.4. The van der Waals surface area contributed by atoms with Crippen LogP contribution in [0.2, 0.25) is 0 Å². The van der Waals surface area contributed by atoms with Crippen molar-refractivity contribution in [3.8, 4) is 5.75 Å². The normalized spacial score (nSPS) is 34.2. The Morgan fingerprint density at radius 1 is 1.40 bits per heavy atom. The number of benzene rings is 1. The topological polar surface area (TPSA) is 48.1 Å². The smallest absolute Gasteiger partial charge is 0.341 e. The first-order chi connectivity index (χ1) is 9.62. The maximum atomic E-state index is 12.4. The molecule has 3 unspecified atom stereocenters. The average molecular weight is 276 g/mol.